The number of benzene rings is 3. The molecule has 31 heavy (non-hydrogen) atoms. The number of cyclic esters (lactones) is 1. The van der Waals surface area contributed by atoms with Crippen LogP contribution >= 0.6 is 0 Å². The zero-order valence-corrected chi connectivity index (χ0v) is 17.1. The molecule has 1 fully saturated rings. The summed E-state index contributed by atoms with van der Waals surface area (Å²) in [5.74, 6) is 0.877. The number of aliphatic hydroxyl groups is 1. The first-order chi connectivity index (χ1) is 15.0. The van der Waals surface area contributed by atoms with E-state index in [1.807, 2.05) is 0 Å². The summed E-state index contributed by atoms with van der Waals surface area (Å²) in [5.41, 5.74) is -0.0800. The second-order valence-corrected chi connectivity index (χ2v) is 7.20. The van der Waals surface area contributed by atoms with E-state index < -0.39 is 17.9 Å². The van der Waals surface area contributed by atoms with Crippen LogP contribution in [-0.2, 0) is 17.0 Å². The Balaban J connectivity index is 1.78. The van der Waals surface area contributed by atoms with E-state index in [4.69, 9.17) is 14.2 Å². The quantitative estimate of drug-likeness (QED) is 0.637. The number of hydrogen-bond acceptors (Lipinski definition) is 5. The minimum absolute atomic E-state index is 0.0360. The molecule has 0 radical (unpaired) electrons. The van der Waals surface area contributed by atoms with Crippen molar-refractivity contribution < 1.29 is 28.5 Å². The van der Waals surface area contributed by atoms with Gasteiger partial charge in [-0.3, -0.25) is 4.90 Å². The number of methoxy groups -OCH3 is 2. The number of hydrogen-bond donors (Lipinski definition) is 1. The van der Waals surface area contributed by atoms with Crippen LogP contribution in [-0.4, -0.2) is 30.3 Å². The monoisotopic (exact) mass is 423 g/mol. The minimum Gasteiger partial charge on any atom is -0.497 e. The third-order valence-electron chi connectivity index (χ3n) is 5.40. The van der Waals surface area contributed by atoms with Crippen molar-refractivity contribution in [2.24, 2.45) is 0 Å². The molecule has 0 aliphatic carbocycles. The average molecular weight is 423 g/mol. The highest BCUT2D eigenvalue weighted by Gasteiger charge is 2.56. The van der Waals surface area contributed by atoms with Crippen molar-refractivity contribution in [2.75, 3.05) is 14.2 Å². The summed E-state index contributed by atoms with van der Waals surface area (Å²) in [7, 11) is 3.11. The second kappa shape index (κ2) is 8.28. The van der Waals surface area contributed by atoms with Crippen molar-refractivity contribution in [2.45, 2.75) is 18.4 Å². The van der Waals surface area contributed by atoms with Gasteiger partial charge in [0.15, 0.2) is 6.10 Å². The lowest BCUT2D eigenvalue weighted by Gasteiger charge is -2.35. The molecule has 4 rings (SSSR count). The van der Waals surface area contributed by atoms with Gasteiger partial charge in [0.1, 0.15) is 17.3 Å². The second-order valence-electron chi connectivity index (χ2n) is 7.20. The van der Waals surface area contributed by atoms with E-state index in [1.165, 1.54) is 17.0 Å². The summed E-state index contributed by atoms with van der Waals surface area (Å²) < 4.78 is 29.4. The lowest BCUT2D eigenvalue weighted by molar-refractivity contribution is -0.113. The first-order valence-corrected chi connectivity index (χ1v) is 9.69. The standard InChI is InChI=1S/C24H22FNO5/c1-29-20-11-5-17(6-12-20)22-24(28,18-7-13-21(30-2)14-8-18)26(23(27)31-22)15-16-3-9-19(25)10-4-16/h3-14,22,28H,15H2,1-2H3/t22-,24+/m1/s1. The maximum absolute atomic E-state index is 13.3. The molecule has 0 spiro atoms. The van der Waals surface area contributed by atoms with Gasteiger partial charge in [-0.05, 0) is 47.5 Å². The van der Waals surface area contributed by atoms with Gasteiger partial charge in [-0.2, -0.15) is 0 Å². The number of ether oxygens (including phenoxy) is 3. The van der Waals surface area contributed by atoms with Gasteiger partial charge in [0, 0.05) is 5.56 Å². The highest BCUT2D eigenvalue weighted by atomic mass is 19.1. The number of halogens is 1. The van der Waals surface area contributed by atoms with Crippen LogP contribution < -0.4 is 9.47 Å². The van der Waals surface area contributed by atoms with Gasteiger partial charge >= 0.3 is 6.09 Å². The van der Waals surface area contributed by atoms with Gasteiger partial charge in [0.2, 0.25) is 5.72 Å². The van der Waals surface area contributed by atoms with E-state index in [2.05, 4.69) is 0 Å². The van der Waals surface area contributed by atoms with Crippen molar-refractivity contribution >= 4 is 6.09 Å². The Morgan fingerprint density at radius 3 is 2.03 bits per heavy atom. The van der Waals surface area contributed by atoms with Crippen molar-refractivity contribution in [3.63, 3.8) is 0 Å². The molecule has 1 amide bonds. The molecule has 3 aromatic rings. The van der Waals surface area contributed by atoms with Crippen LogP contribution in [0.2, 0.25) is 0 Å². The highest BCUT2D eigenvalue weighted by molar-refractivity contribution is 5.72. The molecule has 1 heterocycles. The number of carbonyl (C=O) groups excluding carboxylic acids is 1. The molecule has 6 nitrogen and oxygen atoms in total. The van der Waals surface area contributed by atoms with E-state index >= 15 is 0 Å². The predicted octanol–water partition coefficient (Wildman–Crippen LogP) is 4.38. The largest absolute Gasteiger partial charge is 0.497 e. The van der Waals surface area contributed by atoms with Crippen LogP contribution in [0.1, 0.15) is 22.8 Å². The van der Waals surface area contributed by atoms with Gasteiger partial charge in [-0.25, -0.2) is 9.18 Å². The Hall–Kier alpha value is -3.58. The summed E-state index contributed by atoms with van der Waals surface area (Å²) in [6.45, 7) is 0.0360. The van der Waals surface area contributed by atoms with E-state index in [0.29, 0.717) is 28.2 Å². The first-order valence-electron chi connectivity index (χ1n) is 9.69. The Bertz CT molecular complexity index is 1050. The van der Waals surface area contributed by atoms with Gasteiger partial charge in [-0.15, -0.1) is 0 Å². The Kier molecular flexibility index (Phi) is 5.52. The smallest absolute Gasteiger partial charge is 0.413 e. The molecule has 160 valence electrons. The molecule has 0 aromatic heterocycles. The van der Waals surface area contributed by atoms with E-state index in [-0.39, 0.29) is 12.4 Å². The SMILES string of the molecule is COc1ccc([C@H]2OC(=O)N(Cc3ccc(F)cc3)[C@]2(O)c2ccc(OC)cc2)cc1. The van der Waals surface area contributed by atoms with E-state index in [9.17, 15) is 14.3 Å². The molecule has 0 unspecified atom stereocenters. The molecule has 2 atom stereocenters. The van der Waals surface area contributed by atoms with Gasteiger partial charge in [-0.1, -0.05) is 36.4 Å². The Labute approximate surface area is 179 Å². The summed E-state index contributed by atoms with van der Waals surface area (Å²) in [6, 6.07) is 19.5. The fourth-order valence-corrected chi connectivity index (χ4v) is 3.71. The lowest BCUT2D eigenvalue weighted by Crippen LogP contribution is -2.45. The van der Waals surface area contributed by atoms with E-state index in [0.717, 1.165) is 0 Å². The summed E-state index contributed by atoms with van der Waals surface area (Å²) in [4.78, 5) is 14.1. The van der Waals surface area contributed by atoms with Crippen LogP contribution in [0.4, 0.5) is 9.18 Å². The maximum Gasteiger partial charge on any atom is 0.413 e. The zero-order chi connectivity index (χ0) is 22.0. The zero-order valence-electron chi connectivity index (χ0n) is 17.1. The number of nitrogens with zero attached hydrogens (tertiary/aromatic N) is 1. The van der Waals surface area contributed by atoms with Crippen LogP contribution in [0, 0.1) is 5.82 Å². The van der Waals surface area contributed by atoms with Crippen LogP contribution in [0.25, 0.3) is 0 Å². The van der Waals surface area contributed by atoms with Gasteiger partial charge < -0.3 is 19.3 Å². The number of carbonyl (C=O) groups is 1. The summed E-state index contributed by atoms with van der Waals surface area (Å²) >= 11 is 0. The minimum atomic E-state index is -1.80. The first kappa shape index (κ1) is 20.7. The molecular weight excluding hydrogens is 401 g/mol. The topological polar surface area (TPSA) is 68.2 Å². The fourth-order valence-electron chi connectivity index (χ4n) is 3.71. The van der Waals surface area contributed by atoms with E-state index in [1.54, 1.807) is 74.9 Å². The van der Waals surface area contributed by atoms with Crippen LogP contribution in [0.3, 0.4) is 0 Å². The highest BCUT2D eigenvalue weighted by Crippen LogP contribution is 2.47. The molecule has 1 aliphatic rings. The van der Waals surface area contributed by atoms with Crippen molar-refractivity contribution in [1.29, 1.82) is 0 Å². The van der Waals surface area contributed by atoms with Gasteiger partial charge in [0.25, 0.3) is 0 Å². The molecule has 1 saturated heterocycles. The van der Waals surface area contributed by atoms with Gasteiger partial charge in [0.05, 0.1) is 20.8 Å². The molecule has 3 aromatic carbocycles. The molecule has 1 aliphatic heterocycles. The Morgan fingerprint density at radius 1 is 0.935 bits per heavy atom. The number of rotatable bonds is 6. The fraction of sp³-hybridized carbons (Fsp3) is 0.208. The molecule has 0 bridgehead atoms. The van der Waals surface area contributed by atoms with Crippen molar-refractivity contribution in [3.05, 3.63) is 95.3 Å². The number of amides is 1. The van der Waals surface area contributed by atoms with Crippen molar-refractivity contribution in [3.8, 4) is 11.5 Å². The lowest BCUT2D eigenvalue weighted by atomic mass is 9.91. The third-order valence-corrected chi connectivity index (χ3v) is 5.40. The summed E-state index contributed by atoms with van der Waals surface area (Å²) in [6.07, 6.45) is -1.66. The molecular formula is C24H22FNO5. The summed E-state index contributed by atoms with van der Waals surface area (Å²) in [5, 5.41) is 11.9. The normalized spacial score (nSPS) is 20.5. The molecule has 1 N–H and O–H groups in total. The van der Waals surface area contributed by atoms with Crippen LogP contribution in [0.5, 0.6) is 11.5 Å². The van der Waals surface area contributed by atoms with Crippen molar-refractivity contribution in [1.82, 2.24) is 4.90 Å². The average Bonchev–Trinajstić information content (AvgIpc) is 3.06. The molecule has 0 saturated carbocycles. The Morgan fingerprint density at radius 2 is 1.48 bits per heavy atom. The maximum atomic E-state index is 13.3. The molecule has 7 heteroatoms. The van der Waals surface area contributed by atoms with Crippen LogP contribution in [0.15, 0.2) is 72.8 Å². The third kappa shape index (κ3) is 3.80. The predicted molar refractivity (Wildman–Crippen MR) is 111 cm³/mol.